The number of thioether (sulfide) groups is 2. The van der Waals surface area contributed by atoms with Crippen LogP contribution in [0.15, 0.2) is 24.3 Å². The van der Waals surface area contributed by atoms with Crippen LogP contribution in [0.4, 0.5) is 0 Å². The van der Waals surface area contributed by atoms with Gasteiger partial charge in [0, 0.05) is 5.75 Å². The number of nitriles is 1. The lowest BCUT2D eigenvalue weighted by atomic mass is 9.98. The van der Waals surface area contributed by atoms with Gasteiger partial charge in [-0.3, -0.25) is 4.79 Å². The zero-order chi connectivity index (χ0) is 18.0. The van der Waals surface area contributed by atoms with Crippen molar-refractivity contribution in [1.29, 1.82) is 5.26 Å². The third-order valence-corrected chi connectivity index (χ3v) is 7.02. The molecule has 0 aromatic heterocycles. The summed E-state index contributed by atoms with van der Waals surface area (Å²) in [4.78, 5) is 26.3. The molecule has 0 bridgehead atoms. The maximum Gasteiger partial charge on any atom is 0.330 e. The van der Waals surface area contributed by atoms with Crippen LogP contribution in [0.5, 0.6) is 5.75 Å². The van der Waals surface area contributed by atoms with Gasteiger partial charge < -0.3 is 14.4 Å². The molecule has 2 aliphatic heterocycles. The molecule has 25 heavy (non-hydrogen) atoms. The van der Waals surface area contributed by atoms with Crippen molar-refractivity contribution >= 4 is 35.4 Å². The molecule has 0 spiro atoms. The van der Waals surface area contributed by atoms with Gasteiger partial charge >= 0.3 is 5.97 Å². The van der Waals surface area contributed by atoms with Crippen molar-refractivity contribution in [3.05, 3.63) is 29.8 Å². The Bertz CT molecular complexity index is 718. The largest absolute Gasteiger partial charge is 0.497 e. The second-order valence-corrected chi connectivity index (χ2v) is 8.60. The average Bonchev–Trinajstić information content (AvgIpc) is 2.86. The summed E-state index contributed by atoms with van der Waals surface area (Å²) in [5.41, 5.74) is 0.847. The van der Waals surface area contributed by atoms with Crippen LogP contribution in [0.1, 0.15) is 18.9 Å². The van der Waals surface area contributed by atoms with Crippen molar-refractivity contribution in [3.63, 3.8) is 0 Å². The van der Waals surface area contributed by atoms with E-state index in [1.807, 2.05) is 24.5 Å². The molecule has 2 saturated heterocycles. The van der Waals surface area contributed by atoms with Crippen LogP contribution in [-0.2, 0) is 20.9 Å². The van der Waals surface area contributed by atoms with Gasteiger partial charge in [-0.05, 0) is 36.4 Å². The highest BCUT2D eigenvalue weighted by Gasteiger charge is 2.60. The second-order valence-electron chi connectivity index (χ2n) is 6.13. The number of thiocyanates is 1. The molecule has 6 nitrogen and oxygen atoms in total. The van der Waals surface area contributed by atoms with E-state index in [0.29, 0.717) is 12.2 Å². The number of ether oxygens (including phenoxy) is 2. The molecule has 0 radical (unpaired) electrons. The molecule has 2 heterocycles. The first-order chi connectivity index (χ1) is 12.0. The highest BCUT2D eigenvalue weighted by atomic mass is 32.2. The molecule has 1 amide bonds. The summed E-state index contributed by atoms with van der Waals surface area (Å²) in [6.45, 7) is 2.06. The lowest BCUT2D eigenvalue weighted by molar-refractivity contribution is -0.162. The van der Waals surface area contributed by atoms with Gasteiger partial charge in [0.15, 0.2) is 0 Å². The minimum Gasteiger partial charge on any atom is -0.497 e. The number of methoxy groups -OCH3 is 1. The fraction of sp³-hybridized carbons (Fsp3) is 0.471. The van der Waals surface area contributed by atoms with E-state index in [2.05, 4.69) is 0 Å². The van der Waals surface area contributed by atoms with Gasteiger partial charge in [0.1, 0.15) is 23.8 Å². The van der Waals surface area contributed by atoms with E-state index in [-0.39, 0.29) is 17.9 Å². The van der Waals surface area contributed by atoms with E-state index in [9.17, 15) is 9.59 Å². The molecule has 0 saturated carbocycles. The molecule has 2 aliphatic rings. The van der Waals surface area contributed by atoms with Crippen LogP contribution >= 0.6 is 23.5 Å². The topological polar surface area (TPSA) is 79.6 Å². The van der Waals surface area contributed by atoms with Gasteiger partial charge in [-0.25, -0.2) is 4.79 Å². The van der Waals surface area contributed by atoms with Crippen LogP contribution in [0.25, 0.3) is 0 Å². The highest BCUT2D eigenvalue weighted by molar-refractivity contribution is 8.06. The van der Waals surface area contributed by atoms with E-state index in [1.165, 1.54) is 0 Å². The van der Waals surface area contributed by atoms with E-state index >= 15 is 0 Å². The van der Waals surface area contributed by atoms with E-state index < -0.39 is 16.8 Å². The Morgan fingerprint density at radius 1 is 1.48 bits per heavy atom. The Labute approximate surface area is 154 Å². The van der Waals surface area contributed by atoms with Crippen molar-refractivity contribution < 1.29 is 19.1 Å². The van der Waals surface area contributed by atoms with Gasteiger partial charge in [-0.1, -0.05) is 12.1 Å². The standard InChI is InChI=1S/C17H18N2O4S2/c1-17(9-24-10-18)15(19-13(20)7-14(19)25-17)16(21)23-8-11-3-5-12(22-2)6-4-11/h3-6,14-15H,7-9H2,1-2H3/t14-,15+,17+/m1/s1. The minimum atomic E-state index is -0.650. The maximum atomic E-state index is 12.7. The van der Waals surface area contributed by atoms with Crippen LogP contribution in [0.3, 0.4) is 0 Å². The van der Waals surface area contributed by atoms with Gasteiger partial charge in [-0.15, -0.1) is 11.8 Å². The second kappa shape index (κ2) is 7.18. The van der Waals surface area contributed by atoms with Crippen molar-refractivity contribution in [2.24, 2.45) is 0 Å². The van der Waals surface area contributed by atoms with Crippen molar-refractivity contribution in [2.45, 2.75) is 36.1 Å². The third kappa shape index (κ3) is 3.44. The van der Waals surface area contributed by atoms with Gasteiger partial charge in [-0.2, -0.15) is 5.26 Å². The van der Waals surface area contributed by atoms with Crippen LogP contribution in [0.2, 0.25) is 0 Å². The molecule has 0 unspecified atom stereocenters. The molecule has 8 heteroatoms. The van der Waals surface area contributed by atoms with E-state index in [0.717, 1.165) is 23.1 Å². The number of esters is 1. The molecule has 1 aromatic rings. The van der Waals surface area contributed by atoms with E-state index in [4.69, 9.17) is 14.7 Å². The first kappa shape index (κ1) is 18.0. The SMILES string of the molecule is COc1ccc(COC(=O)[C@@H]2N3C(=O)C[C@H]3S[C@@]2(C)CSC#N)cc1. The number of amides is 1. The Kier molecular flexibility index (Phi) is 5.16. The normalized spacial score (nSPS) is 27.2. The number of hydrogen-bond donors (Lipinski definition) is 0. The molecular formula is C17H18N2O4S2. The van der Waals surface area contributed by atoms with Gasteiger partial charge in [0.25, 0.3) is 0 Å². The summed E-state index contributed by atoms with van der Waals surface area (Å²) in [6, 6.07) is 6.62. The molecule has 0 aliphatic carbocycles. The first-order valence-corrected chi connectivity index (χ1v) is 9.64. The molecule has 2 fully saturated rings. The molecule has 3 rings (SSSR count). The summed E-state index contributed by atoms with van der Waals surface area (Å²) in [7, 11) is 1.59. The number of carbonyl (C=O) groups excluding carboxylic acids is 2. The average molecular weight is 378 g/mol. The number of β-lactam (4-membered cyclic amide) rings is 1. The summed E-state index contributed by atoms with van der Waals surface area (Å²) < 4.78 is 10.1. The molecule has 1 aromatic carbocycles. The molecule has 132 valence electrons. The smallest absolute Gasteiger partial charge is 0.330 e. The molecule has 3 atom stereocenters. The fourth-order valence-corrected chi connectivity index (χ4v) is 5.58. The first-order valence-electron chi connectivity index (χ1n) is 7.78. The number of nitrogens with zero attached hydrogens (tertiary/aromatic N) is 2. The van der Waals surface area contributed by atoms with Crippen LogP contribution in [0, 0.1) is 10.7 Å². The van der Waals surface area contributed by atoms with Gasteiger partial charge in [0.2, 0.25) is 5.91 Å². The summed E-state index contributed by atoms with van der Waals surface area (Å²) >= 11 is 2.69. The lowest BCUT2D eigenvalue weighted by Gasteiger charge is -2.37. The molecular weight excluding hydrogens is 360 g/mol. The number of fused-ring (bicyclic) bond motifs is 1. The Morgan fingerprint density at radius 3 is 2.80 bits per heavy atom. The van der Waals surface area contributed by atoms with Crippen LogP contribution in [-0.4, -0.2) is 45.8 Å². The predicted octanol–water partition coefficient (Wildman–Crippen LogP) is 2.39. The summed E-state index contributed by atoms with van der Waals surface area (Å²) in [5, 5.41) is 10.9. The predicted molar refractivity (Wildman–Crippen MR) is 95.9 cm³/mol. The van der Waals surface area contributed by atoms with Crippen molar-refractivity contribution in [1.82, 2.24) is 4.90 Å². The highest BCUT2D eigenvalue weighted by Crippen LogP contribution is 2.52. The number of rotatable bonds is 6. The number of carbonyl (C=O) groups is 2. The maximum absolute atomic E-state index is 12.7. The molecule has 0 N–H and O–H groups in total. The van der Waals surface area contributed by atoms with Crippen molar-refractivity contribution in [2.75, 3.05) is 12.9 Å². The Morgan fingerprint density at radius 2 is 2.20 bits per heavy atom. The number of hydrogen-bond acceptors (Lipinski definition) is 7. The number of benzene rings is 1. The van der Waals surface area contributed by atoms with Crippen LogP contribution < -0.4 is 4.74 Å². The Balaban J connectivity index is 1.69. The zero-order valence-corrected chi connectivity index (χ0v) is 15.6. The minimum absolute atomic E-state index is 0.00956. The zero-order valence-electron chi connectivity index (χ0n) is 13.9. The van der Waals surface area contributed by atoms with Gasteiger partial charge in [0.05, 0.1) is 23.7 Å². The lowest BCUT2D eigenvalue weighted by Crippen LogP contribution is -2.58. The van der Waals surface area contributed by atoms with E-state index in [1.54, 1.807) is 35.9 Å². The summed E-state index contributed by atoms with van der Waals surface area (Å²) in [6.07, 6.45) is 0.444. The Hall–Kier alpha value is -1.85. The fourth-order valence-electron chi connectivity index (χ4n) is 3.09. The third-order valence-electron chi connectivity index (χ3n) is 4.40. The van der Waals surface area contributed by atoms with Crippen molar-refractivity contribution in [3.8, 4) is 11.2 Å². The summed E-state index contributed by atoms with van der Waals surface area (Å²) in [5.74, 6) is 0.753. The monoisotopic (exact) mass is 378 g/mol. The quantitative estimate of drug-likeness (QED) is 0.427.